The van der Waals surface area contributed by atoms with Gasteiger partial charge in [-0.2, -0.15) is 0 Å². The maximum absolute atomic E-state index is 9.99. The normalized spacial score (nSPS) is 17.8. The third-order valence-corrected chi connectivity index (χ3v) is 3.72. The van der Waals surface area contributed by atoms with Crippen LogP contribution in [0.1, 0.15) is 55.8 Å². The first-order valence-corrected chi connectivity index (χ1v) is 7.36. The zero-order valence-electron chi connectivity index (χ0n) is 11.6. The van der Waals surface area contributed by atoms with Crippen LogP contribution in [0.5, 0.6) is 5.75 Å². The predicted octanol–water partition coefficient (Wildman–Crippen LogP) is 4.18. The number of benzene rings is 1. The van der Waals surface area contributed by atoms with E-state index < -0.39 is 0 Å². The zero-order valence-corrected chi connectivity index (χ0v) is 11.6. The Kier molecular flexibility index (Phi) is 5.46. The molecule has 1 aromatic carbocycles. The Labute approximate surface area is 116 Å². The first kappa shape index (κ1) is 14.1. The first-order valence-electron chi connectivity index (χ1n) is 7.36. The molecule has 0 aromatic heterocycles. The molecule has 1 aliphatic rings. The average molecular weight is 260 g/mol. The molecule has 2 nitrogen and oxygen atoms in total. The summed E-state index contributed by atoms with van der Waals surface area (Å²) < 4.78 is 5.76. The first-order chi connectivity index (χ1) is 9.31. The van der Waals surface area contributed by atoms with Crippen LogP contribution in [-0.4, -0.2) is 11.7 Å². The summed E-state index contributed by atoms with van der Waals surface area (Å²) in [6.45, 7) is 4.48. The molecule has 1 aromatic rings. The van der Waals surface area contributed by atoms with Gasteiger partial charge in [0.25, 0.3) is 0 Å². The fourth-order valence-corrected chi connectivity index (χ4v) is 2.60. The van der Waals surface area contributed by atoms with E-state index in [1.54, 1.807) is 0 Å². The highest BCUT2D eigenvalue weighted by Gasteiger charge is 2.18. The van der Waals surface area contributed by atoms with Crippen molar-refractivity contribution in [3.05, 3.63) is 42.0 Å². The molecule has 0 heterocycles. The van der Waals surface area contributed by atoms with Crippen LogP contribution in [0, 0.1) is 0 Å². The standard InChI is InChI=1S/C17H24O2/c1-2-3-4-5-6-12-19-15-11-10-14-8-7-9-17(18)16(14)13-15/h2,10-11,13,17-18H,1,3-9,12H2/t17-/m0/s1. The van der Waals surface area contributed by atoms with Crippen LogP contribution in [0.3, 0.4) is 0 Å². The smallest absolute Gasteiger partial charge is 0.119 e. The molecule has 0 aliphatic heterocycles. The van der Waals surface area contributed by atoms with Crippen LogP contribution in [0.4, 0.5) is 0 Å². The van der Waals surface area contributed by atoms with E-state index in [0.717, 1.165) is 50.0 Å². The molecule has 1 aliphatic carbocycles. The minimum Gasteiger partial charge on any atom is -0.494 e. The van der Waals surface area contributed by atoms with E-state index in [2.05, 4.69) is 12.6 Å². The van der Waals surface area contributed by atoms with Crippen molar-refractivity contribution in [2.45, 2.75) is 51.0 Å². The third-order valence-electron chi connectivity index (χ3n) is 3.72. The van der Waals surface area contributed by atoms with Gasteiger partial charge in [-0.15, -0.1) is 6.58 Å². The molecule has 104 valence electrons. The van der Waals surface area contributed by atoms with Crippen LogP contribution in [0.15, 0.2) is 30.9 Å². The van der Waals surface area contributed by atoms with Crippen molar-refractivity contribution in [1.82, 2.24) is 0 Å². The quantitative estimate of drug-likeness (QED) is 0.588. The number of aliphatic hydroxyl groups excluding tert-OH is 1. The van der Waals surface area contributed by atoms with Crippen molar-refractivity contribution >= 4 is 0 Å². The molecular formula is C17H24O2. The van der Waals surface area contributed by atoms with E-state index in [1.165, 1.54) is 18.4 Å². The largest absolute Gasteiger partial charge is 0.494 e. The van der Waals surface area contributed by atoms with Crippen molar-refractivity contribution in [3.63, 3.8) is 0 Å². The van der Waals surface area contributed by atoms with Crippen molar-refractivity contribution in [2.75, 3.05) is 6.61 Å². The lowest BCUT2D eigenvalue weighted by molar-refractivity contribution is 0.156. The number of fused-ring (bicyclic) bond motifs is 1. The summed E-state index contributed by atoms with van der Waals surface area (Å²) >= 11 is 0. The molecule has 2 rings (SSSR count). The summed E-state index contributed by atoms with van der Waals surface area (Å²) in [6.07, 6.45) is 9.23. The summed E-state index contributed by atoms with van der Waals surface area (Å²) in [4.78, 5) is 0. The molecule has 0 unspecified atom stereocenters. The molecule has 1 N–H and O–H groups in total. The minimum atomic E-state index is -0.306. The molecular weight excluding hydrogens is 236 g/mol. The van der Waals surface area contributed by atoms with Crippen molar-refractivity contribution in [1.29, 1.82) is 0 Å². The lowest BCUT2D eigenvalue weighted by Gasteiger charge is -2.22. The van der Waals surface area contributed by atoms with Gasteiger partial charge in [-0.1, -0.05) is 12.1 Å². The van der Waals surface area contributed by atoms with Gasteiger partial charge in [0.05, 0.1) is 12.7 Å². The molecule has 19 heavy (non-hydrogen) atoms. The van der Waals surface area contributed by atoms with Gasteiger partial charge in [-0.3, -0.25) is 0 Å². The number of ether oxygens (including phenoxy) is 1. The number of allylic oxidation sites excluding steroid dienone is 1. The summed E-state index contributed by atoms with van der Waals surface area (Å²) in [6, 6.07) is 6.15. The lowest BCUT2D eigenvalue weighted by atomic mass is 9.89. The number of unbranched alkanes of at least 4 members (excludes halogenated alkanes) is 3. The number of hydrogen-bond acceptors (Lipinski definition) is 2. The number of hydrogen-bond donors (Lipinski definition) is 1. The molecule has 0 radical (unpaired) electrons. The van der Waals surface area contributed by atoms with Gasteiger partial charge in [0.1, 0.15) is 5.75 Å². The second-order valence-electron chi connectivity index (χ2n) is 5.26. The zero-order chi connectivity index (χ0) is 13.5. The van der Waals surface area contributed by atoms with Gasteiger partial charge in [-0.05, 0) is 68.2 Å². The SMILES string of the molecule is C=CCCCCCOc1ccc2c(c1)[C@@H](O)CCC2. The molecule has 2 heteroatoms. The van der Waals surface area contributed by atoms with Gasteiger partial charge in [0.15, 0.2) is 0 Å². The summed E-state index contributed by atoms with van der Waals surface area (Å²) in [5.74, 6) is 0.892. The van der Waals surface area contributed by atoms with Crippen molar-refractivity contribution < 1.29 is 9.84 Å². The topological polar surface area (TPSA) is 29.5 Å². The molecule has 1 atom stereocenters. The Balaban J connectivity index is 1.81. The van der Waals surface area contributed by atoms with Gasteiger partial charge < -0.3 is 9.84 Å². The number of aryl methyl sites for hydroxylation is 1. The predicted molar refractivity (Wildman–Crippen MR) is 78.5 cm³/mol. The molecule has 0 amide bonds. The van der Waals surface area contributed by atoms with E-state index in [-0.39, 0.29) is 6.10 Å². The number of aliphatic hydroxyl groups is 1. The van der Waals surface area contributed by atoms with Crippen molar-refractivity contribution in [2.24, 2.45) is 0 Å². The van der Waals surface area contributed by atoms with Crippen molar-refractivity contribution in [3.8, 4) is 5.75 Å². The number of rotatable bonds is 7. The van der Waals surface area contributed by atoms with Gasteiger partial charge >= 0.3 is 0 Å². The van der Waals surface area contributed by atoms with Crippen LogP contribution in [0.25, 0.3) is 0 Å². The van der Waals surface area contributed by atoms with Crippen LogP contribution < -0.4 is 4.74 Å². The Morgan fingerprint density at radius 1 is 1.32 bits per heavy atom. The summed E-state index contributed by atoms with van der Waals surface area (Å²) in [7, 11) is 0. The van der Waals surface area contributed by atoms with Gasteiger partial charge in [-0.25, -0.2) is 0 Å². The van der Waals surface area contributed by atoms with Gasteiger partial charge in [0.2, 0.25) is 0 Å². The van der Waals surface area contributed by atoms with Crippen LogP contribution >= 0.6 is 0 Å². The highest BCUT2D eigenvalue weighted by molar-refractivity contribution is 5.38. The minimum absolute atomic E-state index is 0.306. The average Bonchev–Trinajstić information content (AvgIpc) is 2.43. The molecule has 0 saturated heterocycles. The third kappa shape index (κ3) is 4.10. The van der Waals surface area contributed by atoms with E-state index in [4.69, 9.17) is 4.74 Å². The van der Waals surface area contributed by atoms with E-state index >= 15 is 0 Å². The fraction of sp³-hybridized carbons (Fsp3) is 0.529. The second kappa shape index (κ2) is 7.34. The maximum atomic E-state index is 9.99. The molecule has 0 saturated carbocycles. The Morgan fingerprint density at radius 3 is 3.05 bits per heavy atom. The maximum Gasteiger partial charge on any atom is 0.119 e. The highest BCUT2D eigenvalue weighted by atomic mass is 16.5. The molecule has 0 fully saturated rings. The fourth-order valence-electron chi connectivity index (χ4n) is 2.60. The Morgan fingerprint density at radius 2 is 2.21 bits per heavy atom. The monoisotopic (exact) mass is 260 g/mol. The van der Waals surface area contributed by atoms with E-state index in [1.807, 2.05) is 18.2 Å². The van der Waals surface area contributed by atoms with Crippen LogP contribution in [0.2, 0.25) is 0 Å². The summed E-state index contributed by atoms with van der Waals surface area (Å²) in [5, 5.41) is 9.99. The Bertz CT molecular complexity index is 412. The molecule has 0 spiro atoms. The van der Waals surface area contributed by atoms with E-state index in [9.17, 15) is 5.11 Å². The summed E-state index contributed by atoms with van der Waals surface area (Å²) in [5.41, 5.74) is 2.34. The second-order valence-corrected chi connectivity index (χ2v) is 5.26. The highest BCUT2D eigenvalue weighted by Crippen LogP contribution is 2.32. The van der Waals surface area contributed by atoms with Crippen LogP contribution in [-0.2, 0) is 6.42 Å². The van der Waals surface area contributed by atoms with E-state index in [0.29, 0.717) is 0 Å². The van der Waals surface area contributed by atoms with Gasteiger partial charge in [0, 0.05) is 0 Å². The lowest BCUT2D eigenvalue weighted by Crippen LogP contribution is -2.09. The molecule has 0 bridgehead atoms. The Hall–Kier alpha value is -1.28.